The van der Waals surface area contributed by atoms with Crippen LogP contribution in [0.25, 0.3) is 11.2 Å². The van der Waals surface area contributed by atoms with Gasteiger partial charge < -0.3 is 4.57 Å². The van der Waals surface area contributed by atoms with E-state index in [2.05, 4.69) is 16.3 Å². The molecule has 0 bridgehead atoms. The molecule has 1 aromatic carbocycles. The Morgan fingerprint density at radius 3 is 2.59 bits per heavy atom. The minimum atomic E-state index is -4.64. The molecule has 1 saturated carbocycles. The molecular weight excluding hydrogens is 507 g/mol. The van der Waals surface area contributed by atoms with Gasteiger partial charge in [-0.15, -0.1) is 10.2 Å². The third-order valence-electron chi connectivity index (χ3n) is 8.10. The van der Waals surface area contributed by atoms with Gasteiger partial charge in [-0.1, -0.05) is 18.6 Å². The molecule has 1 saturated heterocycles. The summed E-state index contributed by atoms with van der Waals surface area (Å²) >= 11 is 0. The van der Waals surface area contributed by atoms with Gasteiger partial charge in [0.1, 0.15) is 12.2 Å². The standard InChI is InChI=1S/C28H28F3N7O/c1-27(14-32)15-36(16-27)11-18-9-22(28(29,30)31)23-13-37(26(39)38(23)12-18)21-8-4-7-20(10-21)24(19-5-3-6-19)25-34-33-17-35(25)2/h4,7-10,12-13,17,19,24H,3,5-6,11,15-16H2,1-2H3/t24-/m1/s1. The Morgan fingerprint density at radius 2 is 1.97 bits per heavy atom. The highest BCUT2D eigenvalue weighted by molar-refractivity contribution is 5.58. The molecule has 0 radical (unpaired) electrons. The van der Waals surface area contributed by atoms with Crippen LogP contribution in [0.2, 0.25) is 0 Å². The number of nitrogens with zero attached hydrogens (tertiary/aromatic N) is 7. The van der Waals surface area contributed by atoms with Crippen molar-refractivity contribution in [2.24, 2.45) is 18.4 Å². The van der Waals surface area contributed by atoms with Crippen LogP contribution in [0.4, 0.5) is 13.2 Å². The maximum Gasteiger partial charge on any atom is 0.418 e. The van der Waals surface area contributed by atoms with E-state index in [0.717, 1.165) is 41.1 Å². The maximum absolute atomic E-state index is 14.2. The van der Waals surface area contributed by atoms with Crippen LogP contribution < -0.4 is 5.69 Å². The van der Waals surface area contributed by atoms with Crippen LogP contribution in [0.15, 0.2) is 53.8 Å². The lowest BCUT2D eigenvalue weighted by Crippen LogP contribution is -2.53. The molecular formula is C28H28F3N7O. The molecule has 0 N–H and O–H groups in total. The van der Waals surface area contributed by atoms with E-state index in [9.17, 15) is 23.2 Å². The molecule has 1 atom stereocenters. The fraction of sp³-hybridized carbons (Fsp3) is 0.429. The van der Waals surface area contributed by atoms with Crippen molar-refractivity contribution in [1.29, 1.82) is 5.26 Å². The number of aromatic nitrogens is 5. The summed E-state index contributed by atoms with van der Waals surface area (Å²) in [6.07, 6.45) is 3.02. The highest BCUT2D eigenvalue weighted by atomic mass is 19.4. The zero-order valence-electron chi connectivity index (χ0n) is 21.7. The highest BCUT2D eigenvalue weighted by Gasteiger charge is 2.40. The molecule has 4 heterocycles. The number of hydrogen-bond acceptors (Lipinski definition) is 5. The lowest BCUT2D eigenvalue weighted by atomic mass is 9.72. The molecule has 0 unspecified atom stereocenters. The molecule has 0 spiro atoms. The summed E-state index contributed by atoms with van der Waals surface area (Å²) in [4.78, 5) is 15.4. The normalized spacial score (nSPS) is 18.5. The summed E-state index contributed by atoms with van der Waals surface area (Å²) in [5.74, 6) is 1.19. The second kappa shape index (κ2) is 9.09. The third-order valence-corrected chi connectivity index (χ3v) is 8.10. The summed E-state index contributed by atoms with van der Waals surface area (Å²) < 4.78 is 46.7. The zero-order chi connectivity index (χ0) is 27.5. The Labute approximate surface area is 222 Å². The van der Waals surface area contributed by atoms with Crippen molar-refractivity contribution in [3.8, 4) is 11.8 Å². The minimum absolute atomic E-state index is 0.0214. The Bertz CT molecular complexity index is 1650. The van der Waals surface area contributed by atoms with Gasteiger partial charge in [0.2, 0.25) is 0 Å². The molecule has 2 aliphatic rings. The quantitative estimate of drug-likeness (QED) is 0.363. The van der Waals surface area contributed by atoms with Crippen molar-refractivity contribution in [3.63, 3.8) is 0 Å². The second-order valence-corrected chi connectivity index (χ2v) is 11.2. The van der Waals surface area contributed by atoms with Crippen molar-refractivity contribution >= 4 is 5.52 Å². The van der Waals surface area contributed by atoms with Crippen LogP contribution in [0.3, 0.4) is 0 Å². The van der Waals surface area contributed by atoms with Gasteiger partial charge in [0.05, 0.1) is 28.3 Å². The van der Waals surface area contributed by atoms with E-state index < -0.39 is 22.8 Å². The van der Waals surface area contributed by atoms with Gasteiger partial charge in [0.25, 0.3) is 0 Å². The molecule has 4 aromatic rings. The van der Waals surface area contributed by atoms with Gasteiger partial charge in [-0.05, 0) is 55.0 Å². The fourth-order valence-electron chi connectivity index (χ4n) is 5.97. The first-order chi connectivity index (χ1) is 18.6. The molecule has 6 rings (SSSR count). The monoisotopic (exact) mass is 535 g/mol. The number of imidazole rings is 1. The Morgan fingerprint density at radius 1 is 1.21 bits per heavy atom. The molecule has 8 nitrogen and oxygen atoms in total. The molecule has 1 aliphatic heterocycles. The number of benzene rings is 1. The Balaban J connectivity index is 1.41. The molecule has 1 aliphatic carbocycles. The number of aryl methyl sites for hydroxylation is 1. The van der Waals surface area contributed by atoms with Crippen LogP contribution in [-0.4, -0.2) is 41.7 Å². The van der Waals surface area contributed by atoms with Crippen molar-refractivity contribution < 1.29 is 13.2 Å². The second-order valence-electron chi connectivity index (χ2n) is 11.2. The van der Waals surface area contributed by atoms with Crippen molar-refractivity contribution in [1.82, 2.24) is 28.6 Å². The van der Waals surface area contributed by atoms with Gasteiger partial charge >= 0.3 is 11.9 Å². The highest BCUT2D eigenvalue weighted by Crippen LogP contribution is 2.43. The van der Waals surface area contributed by atoms with Crippen LogP contribution in [0.5, 0.6) is 0 Å². The molecule has 0 amide bonds. The van der Waals surface area contributed by atoms with Crippen molar-refractivity contribution in [2.45, 2.75) is 44.8 Å². The van der Waals surface area contributed by atoms with Gasteiger partial charge in [-0.25, -0.2) is 4.79 Å². The third kappa shape index (κ3) is 4.42. The summed E-state index contributed by atoms with van der Waals surface area (Å²) in [6.45, 7) is 3.00. The number of alkyl halides is 3. The Kier molecular flexibility index (Phi) is 5.91. The van der Waals surface area contributed by atoms with E-state index in [1.165, 1.54) is 17.0 Å². The van der Waals surface area contributed by atoms with E-state index in [0.29, 0.717) is 30.3 Å². The largest absolute Gasteiger partial charge is 0.418 e. The molecule has 2 fully saturated rings. The number of rotatable bonds is 6. The first-order valence-electron chi connectivity index (χ1n) is 13.0. The molecule has 39 heavy (non-hydrogen) atoms. The van der Waals surface area contributed by atoms with Crippen LogP contribution in [-0.2, 0) is 19.8 Å². The number of nitriles is 1. The number of likely N-dealkylation sites (tertiary alicyclic amines) is 1. The smallest absolute Gasteiger partial charge is 0.320 e. The van der Waals surface area contributed by atoms with Crippen molar-refractivity contribution in [3.05, 3.63) is 82.1 Å². The average molecular weight is 536 g/mol. The number of hydrogen-bond donors (Lipinski definition) is 0. The maximum atomic E-state index is 14.2. The van der Waals surface area contributed by atoms with E-state index in [1.807, 2.05) is 41.6 Å². The van der Waals surface area contributed by atoms with Gasteiger partial charge in [-0.2, -0.15) is 18.4 Å². The predicted molar refractivity (Wildman–Crippen MR) is 137 cm³/mol. The fourth-order valence-corrected chi connectivity index (χ4v) is 5.97. The van der Waals surface area contributed by atoms with Gasteiger partial charge in [0.15, 0.2) is 0 Å². The topological polar surface area (TPSA) is 84.2 Å². The minimum Gasteiger partial charge on any atom is -0.320 e. The van der Waals surface area contributed by atoms with E-state index in [-0.39, 0.29) is 18.0 Å². The van der Waals surface area contributed by atoms with Gasteiger partial charge in [-0.3, -0.25) is 13.9 Å². The number of fused-ring (bicyclic) bond motifs is 1. The van der Waals surface area contributed by atoms with Crippen molar-refractivity contribution in [2.75, 3.05) is 13.1 Å². The predicted octanol–water partition coefficient (Wildman–Crippen LogP) is 4.51. The van der Waals surface area contributed by atoms with Gasteiger partial charge in [0, 0.05) is 45.0 Å². The Hall–Kier alpha value is -3.91. The lowest BCUT2D eigenvalue weighted by molar-refractivity contribution is -0.136. The summed E-state index contributed by atoms with van der Waals surface area (Å²) in [5, 5.41) is 17.6. The molecule has 202 valence electrons. The molecule has 11 heteroatoms. The summed E-state index contributed by atoms with van der Waals surface area (Å²) in [5.41, 5.74) is -0.308. The van der Waals surface area contributed by atoms with E-state index in [1.54, 1.807) is 12.4 Å². The van der Waals surface area contributed by atoms with E-state index in [4.69, 9.17) is 0 Å². The first-order valence-corrected chi connectivity index (χ1v) is 13.0. The van der Waals surface area contributed by atoms with Crippen LogP contribution in [0.1, 0.15) is 54.6 Å². The number of pyridine rings is 1. The molecule has 3 aromatic heterocycles. The summed E-state index contributed by atoms with van der Waals surface area (Å²) in [6, 6.07) is 10.8. The first kappa shape index (κ1) is 25.4. The lowest BCUT2D eigenvalue weighted by Gasteiger charge is -2.43. The number of halogens is 3. The van der Waals surface area contributed by atoms with Crippen LogP contribution in [0, 0.1) is 22.7 Å². The SMILES string of the molecule is Cn1cnnc1[C@@H](c1cccc(-n2cc3c(C(F)(F)F)cc(CN4CC(C)(C#N)C4)cn3c2=O)c1)C1CCC1. The van der Waals surface area contributed by atoms with Crippen LogP contribution >= 0.6 is 0 Å². The summed E-state index contributed by atoms with van der Waals surface area (Å²) in [7, 11) is 1.90. The van der Waals surface area contributed by atoms with E-state index >= 15 is 0 Å². The zero-order valence-corrected chi connectivity index (χ0v) is 21.7. The average Bonchev–Trinajstić information content (AvgIpc) is 3.42.